The maximum Gasteiger partial charge on any atom is 0.354 e. The van der Waals surface area contributed by atoms with Crippen molar-refractivity contribution in [1.82, 2.24) is 9.78 Å². The van der Waals surface area contributed by atoms with Gasteiger partial charge in [-0.05, 0) is 42.8 Å². The van der Waals surface area contributed by atoms with Gasteiger partial charge in [-0.15, -0.1) is 0 Å². The number of hydrogen-bond acceptors (Lipinski definition) is 6. The molecule has 37 heavy (non-hydrogen) atoms. The Morgan fingerprint density at radius 3 is 1.97 bits per heavy atom. The number of nitrogens with zero attached hydrogens (tertiary/aromatic N) is 2. The predicted molar refractivity (Wildman–Crippen MR) is 141 cm³/mol. The number of benzene rings is 3. The molecule has 0 unspecified atom stereocenters. The number of primary sulfonamides is 1. The number of nitrogens with one attached hydrogen (secondary N) is 2. The number of aryl methyl sites for hydroxylation is 1. The van der Waals surface area contributed by atoms with E-state index in [1.165, 1.54) is 16.8 Å². The molecule has 9 N–H and O–H groups in total. The Kier molecular flexibility index (Phi) is 7.85. The Balaban J connectivity index is 0.000000266. The molecule has 4 rings (SSSR count). The zero-order valence-electron chi connectivity index (χ0n) is 19.7. The summed E-state index contributed by atoms with van der Waals surface area (Å²) in [5, 5.41) is 33.0. The van der Waals surface area contributed by atoms with Crippen molar-refractivity contribution in [1.29, 1.82) is 10.8 Å². The Hall–Kier alpha value is -4.81. The average molecular weight is 520 g/mol. The standard InChI is InChI=1S/C17H15N3O4S.C8H10N4/c1-11-10-15(17(21)22)20(19-11)13-8-6-12(7-9-13)14-4-2-3-5-16(14)25(18,23)24;9-7(10)5-2-1-3-6(4-5)8(11)12/h2-10H,1H3,(H,21,22)(H2,18,23,24);1-4H,(H3,9,10)(H3,11,12). The summed E-state index contributed by atoms with van der Waals surface area (Å²) in [5.41, 5.74) is 14.0. The van der Waals surface area contributed by atoms with Crippen LogP contribution < -0.4 is 16.6 Å². The summed E-state index contributed by atoms with van der Waals surface area (Å²) in [6.45, 7) is 1.71. The molecule has 0 radical (unpaired) electrons. The smallest absolute Gasteiger partial charge is 0.354 e. The first kappa shape index (κ1) is 26.8. The van der Waals surface area contributed by atoms with Crippen molar-refractivity contribution in [2.75, 3.05) is 0 Å². The summed E-state index contributed by atoms with van der Waals surface area (Å²) in [4.78, 5) is 11.3. The van der Waals surface area contributed by atoms with E-state index in [0.29, 0.717) is 33.6 Å². The van der Waals surface area contributed by atoms with E-state index in [0.717, 1.165) is 0 Å². The fourth-order valence-corrected chi connectivity index (χ4v) is 4.20. The van der Waals surface area contributed by atoms with E-state index in [1.807, 2.05) is 0 Å². The van der Waals surface area contributed by atoms with Crippen LogP contribution in [-0.4, -0.2) is 40.9 Å². The number of nitrogens with two attached hydrogens (primary N) is 3. The summed E-state index contributed by atoms with van der Waals surface area (Å²) < 4.78 is 24.8. The minimum absolute atomic E-state index is 0.0156. The average Bonchev–Trinajstić information content (AvgIpc) is 3.26. The molecule has 0 aliphatic rings. The number of aromatic carboxylic acids is 1. The molecule has 0 saturated carbocycles. The molecule has 12 heteroatoms. The SMILES string of the molecule is Cc1cc(C(=O)O)n(-c2ccc(-c3ccccc3S(N)(=O)=O)cc2)n1.N=C(N)c1cccc(C(=N)N)c1. The van der Waals surface area contributed by atoms with Gasteiger partial charge in [0.1, 0.15) is 11.7 Å². The highest BCUT2D eigenvalue weighted by Crippen LogP contribution is 2.27. The molecule has 0 spiro atoms. The molecule has 1 heterocycles. The fourth-order valence-electron chi connectivity index (χ4n) is 3.44. The van der Waals surface area contributed by atoms with E-state index in [-0.39, 0.29) is 22.3 Å². The summed E-state index contributed by atoms with van der Waals surface area (Å²) in [5.74, 6) is -1.11. The van der Waals surface area contributed by atoms with E-state index in [4.69, 9.17) is 27.4 Å². The molecule has 0 amide bonds. The van der Waals surface area contributed by atoms with Gasteiger partial charge in [0.05, 0.1) is 16.3 Å². The number of hydrogen-bond donors (Lipinski definition) is 6. The molecular weight excluding hydrogens is 494 g/mol. The Morgan fingerprint density at radius 1 is 0.892 bits per heavy atom. The van der Waals surface area contributed by atoms with Crippen molar-refractivity contribution >= 4 is 27.7 Å². The van der Waals surface area contributed by atoms with Gasteiger partial charge < -0.3 is 16.6 Å². The van der Waals surface area contributed by atoms with Crippen LogP contribution in [0.25, 0.3) is 16.8 Å². The van der Waals surface area contributed by atoms with Gasteiger partial charge in [0.15, 0.2) is 5.69 Å². The molecule has 4 aromatic rings. The third-order valence-corrected chi connectivity index (χ3v) is 6.12. The molecule has 0 bridgehead atoms. The highest BCUT2D eigenvalue weighted by atomic mass is 32.2. The lowest BCUT2D eigenvalue weighted by atomic mass is 10.1. The summed E-state index contributed by atoms with van der Waals surface area (Å²) in [6, 6.07) is 21.4. The van der Waals surface area contributed by atoms with E-state index in [1.54, 1.807) is 73.7 Å². The highest BCUT2D eigenvalue weighted by molar-refractivity contribution is 7.89. The number of carboxylic acids is 1. The minimum atomic E-state index is -3.85. The third-order valence-electron chi connectivity index (χ3n) is 5.15. The molecule has 1 aromatic heterocycles. The zero-order valence-corrected chi connectivity index (χ0v) is 20.5. The van der Waals surface area contributed by atoms with Crippen LogP contribution in [-0.2, 0) is 10.0 Å². The van der Waals surface area contributed by atoms with Crippen molar-refractivity contribution in [2.45, 2.75) is 11.8 Å². The maximum atomic E-state index is 11.7. The van der Waals surface area contributed by atoms with Crippen LogP contribution in [0.4, 0.5) is 0 Å². The number of sulfonamides is 1. The van der Waals surface area contributed by atoms with Gasteiger partial charge in [0.2, 0.25) is 10.0 Å². The van der Waals surface area contributed by atoms with Crippen LogP contribution in [0.2, 0.25) is 0 Å². The van der Waals surface area contributed by atoms with Crippen molar-refractivity contribution in [2.24, 2.45) is 16.6 Å². The third kappa shape index (κ3) is 6.45. The molecule has 11 nitrogen and oxygen atoms in total. The molecule has 3 aromatic carbocycles. The Morgan fingerprint density at radius 2 is 1.46 bits per heavy atom. The highest BCUT2D eigenvalue weighted by Gasteiger charge is 2.16. The van der Waals surface area contributed by atoms with Gasteiger partial charge in [-0.3, -0.25) is 10.8 Å². The van der Waals surface area contributed by atoms with Crippen molar-refractivity contribution in [3.8, 4) is 16.8 Å². The van der Waals surface area contributed by atoms with E-state index >= 15 is 0 Å². The lowest BCUT2D eigenvalue weighted by Gasteiger charge is -2.09. The van der Waals surface area contributed by atoms with Gasteiger partial charge in [0.25, 0.3) is 0 Å². The number of carbonyl (C=O) groups is 1. The number of aromatic nitrogens is 2. The second-order valence-corrected chi connectivity index (χ2v) is 9.41. The van der Waals surface area contributed by atoms with Gasteiger partial charge in [-0.25, -0.2) is 23.0 Å². The van der Waals surface area contributed by atoms with Crippen LogP contribution >= 0.6 is 0 Å². The fraction of sp³-hybridized carbons (Fsp3) is 0.0400. The van der Waals surface area contributed by atoms with Gasteiger partial charge in [-0.2, -0.15) is 5.10 Å². The quantitative estimate of drug-likeness (QED) is 0.165. The monoisotopic (exact) mass is 519 g/mol. The molecule has 0 aliphatic carbocycles. The maximum absolute atomic E-state index is 11.7. The van der Waals surface area contributed by atoms with Crippen LogP contribution in [0, 0.1) is 17.7 Å². The Bertz CT molecular complexity index is 1560. The van der Waals surface area contributed by atoms with Gasteiger partial charge in [-0.1, -0.05) is 48.5 Å². The first-order valence-corrected chi connectivity index (χ1v) is 12.2. The van der Waals surface area contributed by atoms with Gasteiger partial charge in [0, 0.05) is 16.7 Å². The van der Waals surface area contributed by atoms with Crippen molar-refractivity contribution in [3.63, 3.8) is 0 Å². The van der Waals surface area contributed by atoms with Crippen LogP contribution in [0.3, 0.4) is 0 Å². The largest absolute Gasteiger partial charge is 0.477 e. The first-order valence-electron chi connectivity index (χ1n) is 10.7. The van der Waals surface area contributed by atoms with Crippen molar-refractivity contribution < 1.29 is 18.3 Å². The van der Waals surface area contributed by atoms with Crippen molar-refractivity contribution in [3.05, 3.63) is 101 Å². The first-order chi connectivity index (χ1) is 17.4. The zero-order chi connectivity index (χ0) is 27.3. The molecule has 0 saturated heterocycles. The number of nitrogen functional groups attached to an aromatic ring is 2. The van der Waals surface area contributed by atoms with Crippen LogP contribution in [0.1, 0.15) is 27.3 Å². The number of amidine groups is 2. The van der Waals surface area contributed by atoms with E-state index in [9.17, 15) is 18.3 Å². The second kappa shape index (κ2) is 10.8. The molecular formula is C25H25N7O4S. The summed E-state index contributed by atoms with van der Waals surface area (Å²) in [6.07, 6.45) is 0. The number of carboxylic acid groups (broad SMARTS) is 1. The summed E-state index contributed by atoms with van der Waals surface area (Å²) in [7, 11) is -3.85. The lowest BCUT2D eigenvalue weighted by Crippen LogP contribution is -2.15. The topological polar surface area (TPSA) is 215 Å². The Labute approximate surface area is 213 Å². The number of rotatable bonds is 6. The molecule has 0 fully saturated rings. The lowest BCUT2D eigenvalue weighted by molar-refractivity contribution is 0.0687. The molecule has 0 atom stereocenters. The van der Waals surface area contributed by atoms with E-state index < -0.39 is 16.0 Å². The van der Waals surface area contributed by atoms with Crippen LogP contribution in [0.5, 0.6) is 0 Å². The summed E-state index contributed by atoms with van der Waals surface area (Å²) >= 11 is 0. The normalized spacial score (nSPS) is 10.8. The minimum Gasteiger partial charge on any atom is -0.477 e. The molecule has 0 aliphatic heterocycles. The molecule has 190 valence electrons. The van der Waals surface area contributed by atoms with Crippen LogP contribution in [0.15, 0.2) is 83.8 Å². The van der Waals surface area contributed by atoms with Gasteiger partial charge >= 0.3 is 5.97 Å². The second-order valence-electron chi connectivity index (χ2n) is 7.88. The predicted octanol–water partition coefficient (Wildman–Crippen LogP) is 2.45. The van der Waals surface area contributed by atoms with E-state index in [2.05, 4.69) is 5.10 Å².